The minimum Gasteiger partial charge on any atom is -0.480 e. The Bertz CT molecular complexity index is 962. The highest BCUT2D eigenvalue weighted by Gasteiger charge is 2.43. The summed E-state index contributed by atoms with van der Waals surface area (Å²) in [5.41, 5.74) is 4.02. The molecule has 5 nitrogen and oxygen atoms in total. The molecule has 1 saturated heterocycles. The molecule has 5 heteroatoms. The lowest BCUT2D eigenvalue weighted by molar-refractivity contribution is -0.142. The van der Waals surface area contributed by atoms with E-state index in [4.69, 9.17) is 0 Å². The lowest BCUT2D eigenvalue weighted by Gasteiger charge is -2.29. The van der Waals surface area contributed by atoms with Crippen LogP contribution in [0, 0.1) is 0 Å². The van der Waals surface area contributed by atoms with Gasteiger partial charge in [-0.2, -0.15) is 0 Å². The molecule has 2 aliphatic rings. The van der Waals surface area contributed by atoms with E-state index in [0.29, 0.717) is 6.04 Å². The van der Waals surface area contributed by atoms with Gasteiger partial charge in [0.1, 0.15) is 6.04 Å². The van der Waals surface area contributed by atoms with Crippen molar-refractivity contribution in [3.63, 3.8) is 0 Å². The van der Waals surface area contributed by atoms with Crippen molar-refractivity contribution in [2.75, 3.05) is 13.1 Å². The number of amides is 1. The van der Waals surface area contributed by atoms with Crippen molar-refractivity contribution >= 4 is 11.9 Å². The van der Waals surface area contributed by atoms with E-state index < -0.39 is 17.4 Å². The third kappa shape index (κ3) is 5.14. The van der Waals surface area contributed by atoms with E-state index in [1.165, 1.54) is 37.4 Å². The number of rotatable bonds is 8. The summed E-state index contributed by atoms with van der Waals surface area (Å²) in [6.45, 7) is 6.19. The fraction of sp³-hybridized carbons (Fsp3) is 0.500. The lowest BCUT2D eigenvalue weighted by Crippen LogP contribution is -2.48. The van der Waals surface area contributed by atoms with Crippen LogP contribution in [0.25, 0.3) is 11.1 Å². The van der Waals surface area contributed by atoms with Crippen LogP contribution in [0.5, 0.6) is 0 Å². The molecule has 176 valence electrons. The van der Waals surface area contributed by atoms with E-state index in [2.05, 4.69) is 53.5 Å². The quantitative estimate of drug-likeness (QED) is 0.610. The molecule has 0 radical (unpaired) electrons. The molecule has 0 aromatic heterocycles. The maximum Gasteiger partial charge on any atom is 0.325 e. The predicted molar refractivity (Wildman–Crippen MR) is 131 cm³/mol. The van der Waals surface area contributed by atoms with Gasteiger partial charge in [0.25, 0.3) is 0 Å². The number of carboxylic acids is 1. The molecule has 2 aromatic carbocycles. The van der Waals surface area contributed by atoms with Crippen molar-refractivity contribution in [1.29, 1.82) is 0 Å². The zero-order valence-electron chi connectivity index (χ0n) is 19.8. The van der Waals surface area contributed by atoms with Gasteiger partial charge in [0, 0.05) is 12.6 Å². The molecule has 1 unspecified atom stereocenters. The lowest BCUT2D eigenvalue weighted by atomic mass is 9.77. The highest BCUT2D eigenvalue weighted by Crippen LogP contribution is 2.42. The average molecular weight is 449 g/mol. The standard InChI is InChI=1S/C28H36N2O3/c1-20-6-5-18-30(20)19-15-22-7-9-23(10-8-22)24-11-13-25(14-12-24)28(16-3-4-17-28)27(33)29-21(2)26(31)32/h7-14,20-21H,3-6,15-19H2,1-2H3,(H,29,33)(H,31,32)/t20-,21?/m1/s1. The summed E-state index contributed by atoms with van der Waals surface area (Å²) in [6.07, 6.45) is 7.19. The SMILES string of the molecule is CC(NC(=O)C1(c2ccc(-c3ccc(CCN4CCC[C@H]4C)cc3)cc2)CCCC1)C(=O)O. The van der Waals surface area contributed by atoms with Crippen LogP contribution in [0.2, 0.25) is 0 Å². The van der Waals surface area contributed by atoms with E-state index in [-0.39, 0.29) is 5.91 Å². The number of carbonyl (C=O) groups excluding carboxylic acids is 1. The summed E-state index contributed by atoms with van der Waals surface area (Å²) >= 11 is 0. The van der Waals surface area contributed by atoms with E-state index in [0.717, 1.165) is 49.8 Å². The smallest absolute Gasteiger partial charge is 0.325 e. The Labute approximate surface area is 197 Å². The number of nitrogens with one attached hydrogen (secondary N) is 1. The molecular formula is C28H36N2O3. The fourth-order valence-corrected chi connectivity index (χ4v) is 5.47. The summed E-state index contributed by atoms with van der Waals surface area (Å²) in [7, 11) is 0. The molecule has 2 N–H and O–H groups in total. The van der Waals surface area contributed by atoms with Gasteiger partial charge >= 0.3 is 5.97 Å². The van der Waals surface area contributed by atoms with Crippen LogP contribution >= 0.6 is 0 Å². The average Bonchev–Trinajstić information content (AvgIpc) is 3.48. The molecule has 2 aromatic rings. The van der Waals surface area contributed by atoms with E-state index in [1.54, 1.807) is 0 Å². The number of hydrogen-bond acceptors (Lipinski definition) is 3. The number of aliphatic carboxylic acids is 1. The zero-order valence-corrected chi connectivity index (χ0v) is 19.8. The van der Waals surface area contributed by atoms with Crippen molar-refractivity contribution in [3.8, 4) is 11.1 Å². The summed E-state index contributed by atoms with van der Waals surface area (Å²) < 4.78 is 0. The number of carbonyl (C=O) groups is 2. The molecule has 1 saturated carbocycles. The Balaban J connectivity index is 1.44. The van der Waals surface area contributed by atoms with Crippen molar-refractivity contribution in [1.82, 2.24) is 10.2 Å². The topological polar surface area (TPSA) is 69.6 Å². The largest absolute Gasteiger partial charge is 0.480 e. The van der Waals surface area contributed by atoms with Gasteiger partial charge in [-0.1, -0.05) is 61.4 Å². The molecule has 1 aliphatic carbocycles. The first-order valence-corrected chi connectivity index (χ1v) is 12.4. The van der Waals surface area contributed by atoms with E-state index in [1.807, 2.05) is 12.1 Å². The molecule has 0 spiro atoms. The summed E-state index contributed by atoms with van der Waals surface area (Å²) in [5.74, 6) is -1.18. The van der Waals surface area contributed by atoms with Gasteiger partial charge in [0.15, 0.2) is 0 Å². The van der Waals surface area contributed by atoms with Crippen LogP contribution in [-0.4, -0.2) is 47.1 Å². The molecule has 1 aliphatic heterocycles. The van der Waals surface area contributed by atoms with Crippen molar-refractivity contribution in [2.24, 2.45) is 0 Å². The Kier molecular flexibility index (Phi) is 7.18. The van der Waals surface area contributed by atoms with Crippen LogP contribution in [0.15, 0.2) is 48.5 Å². The molecule has 0 bridgehead atoms. The second-order valence-corrected chi connectivity index (χ2v) is 9.87. The van der Waals surface area contributed by atoms with Crippen LogP contribution in [0.4, 0.5) is 0 Å². The number of nitrogens with zero attached hydrogens (tertiary/aromatic N) is 1. The Morgan fingerprint density at radius 3 is 2.18 bits per heavy atom. The van der Waals surface area contributed by atoms with Gasteiger partial charge in [0.05, 0.1) is 5.41 Å². The molecule has 4 rings (SSSR count). The zero-order chi connectivity index (χ0) is 23.4. The molecule has 2 atom stereocenters. The molecule has 2 fully saturated rings. The van der Waals surface area contributed by atoms with Gasteiger partial charge in [-0.25, -0.2) is 0 Å². The van der Waals surface area contributed by atoms with Gasteiger partial charge in [0.2, 0.25) is 5.91 Å². The first kappa shape index (κ1) is 23.5. The van der Waals surface area contributed by atoms with Crippen molar-refractivity contribution in [3.05, 3.63) is 59.7 Å². The molecule has 1 heterocycles. The Hall–Kier alpha value is -2.66. The van der Waals surface area contributed by atoms with Crippen LogP contribution in [0.1, 0.15) is 63.5 Å². The van der Waals surface area contributed by atoms with Gasteiger partial charge in [-0.3, -0.25) is 9.59 Å². The Morgan fingerprint density at radius 2 is 1.64 bits per heavy atom. The first-order chi connectivity index (χ1) is 15.9. The van der Waals surface area contributed by atoms with Crippen molar-refractivity contribution < 1.29 is 14.7 Å². The summed E-state index contributed by atoms with van der Waals surface area (Å²) in [6, 6.07) is 16.9. The minimum absolute atomic E-state index is 0.167. The molecule has 33 heavy (non-hydrogen) atoms. The number of carboxylic acid groups (broad SMARTS) is 1. The van der Waals surface area contributed by atoms with Crippen molar-refractivity contribution in [2.45, 2.75) is 76.3 Å². The summed E-state index contributed by atoms with van der Waals surface area (Å²) in [4.78, 5) is 26.9. The highest BCUT2D eigenvalue weighted by molar-refractivity contribution is 5.91. The van der Waals surface area contributed by atoms with Gasteiger partial charge in [-0.15, -0.1) is 0 Å². The first-order valence-electron chi connectivity index (χ1n) is 12.4. The Morgan fingerprint density at radius 1 is 1.03 bits per heavy atom. The second kappa shape index (κ2) is 10.1. The molecule has 1 amide bonds. The van der Waals surface area contributed by atoms with Crippen LogP contribution in [-0.2, 0) is 21.4 Å². The molecular weight excluding hydrogens is 412 g/mol. The van der Waals surface area contributed by atoms with E-state index >= 15 is 0 Å². The third-order valence-corrected chi connectivity index (χ3v) is 7.71. The number of likely N-dealkylation sites (tertiary alicyclic amines) is 1. The van der Waals surface area contributed by atoms with Crippen LogP contribution < -0.4 is 5.32 Å². The van der Waals surface area contributed by atoms with Gasteiger partial charge in [-0.05, 0) is 74.8 Å². The monoisotopic (exact) mass is 448 g/mol. The summed E-state index contributed by atoms with van der Waals surface area (Å²) in [5, 5.41) is 11.9. The maximum absolute atomic E-state index is 13.1. The van der Waals surface area contributed by atoms with Crippen LogP contribution in [0.3, 0.4) is 0 Å². The normalized spacial score (nSPS) is 21.1. The maximum atomic E-state index is 13.1. The minimum atomic E-state index is -1.01. The number of benzene rings is 2. The van der Waals surface area contributed by atoms with Gasteiger partial charge < -0.3 is 15.3 Å². The van der Waals surface area contributed by atoms with E-state index in [9.17, 15) is 14.7 Å². The number of hydrogen-bond donors (Lipinski definition) is 2. The second-order valence-electron chi connectivity index (χ2n) is 9.87. The fourth-order valence-electron chi connectivity index (χ4n) is 5.47. The predicted octanol–water partition coefficient (Wildman–Crippen LogP) is 4.78. The highest BCUT2D eigenvalue weighted by atomic mass is 16.4. The third-order valence-electron chi connectivity index (χ3n) is 7.71.